The van der Waals surface area contributed by atoms with Crippen molar-refractivity contribution in [3.8, 4) is 5.75 Å². The maximum absolute atomic E-state index is 12.9. The van der Waals surface area contributed by atoms with Crippen LogP contribution in [0.25, 0.3) is 11.2 Å². The van der Waals surface area contributed by atoms with E-state index in [2.05, 4.69) is 31.4 Å². The predicted molar refractivity (Wildman–Crippen MR) is 128 cm³/mol. The molecule has 0 bridgehead atoms. The highest BCUT2D eigenvalue weighted by Crippen LogP contribution is 2.19. The van der Waals surface area contributed by atoms with E-state index in [-0.39, 0.29) is 5.65 Å². The lowest BCUT2D eigenvalue weighted by atomic mass is 10.2. The molecule has 32 heavy (non-hydrogen) atoms. The summed E-state index contributed by atoms with van der Waals surface area (Å²) in [5, 5.41) is 4.28. The van der Waals surface area contributed by atoms with Gasteiger partial charge in [0.2, 0.25) is 5.95 Å². The SMILES string of the molecule is COc1ccc(C=NNc2nc3c(c(=O)n(C)c(=O)n3C)n2Cc2ccc(Br)cc2)cc1. The number of aromatic nitrogens is 4. The Kier molecular flexibility index (Phi) is 5.95. The second-order valence-electron chi connectivity index (χ2n) is 7.17. The quantitative estimate of drug-likeness (QED) is 0.327. The average molecular weight is 497 g/mol. The van der Waals surface area contributed by atoms with Gasteiger partial charge < -0.3 is 4.74 Å². The predicted octanol–water partition coefficient (Wildman–Crippen LogP) is 2.70. The summed E-state index contributed by atoms with van der Waals surface area (Å²) in [6.45, 7) is 0.373. The number of methoxy groups -OCH3 is 1. The smallest absolute Gasteiger partial charge is 0.332 e. The van der Waals surface area contributed by atoms with E-state index >= 15 is 0 Å². The maximum Gasteiger partial charge on any atom is 0.332 e. The Balaban J connectivity index is 1.77. The van der Waals surface area contributed by atoms with Gasteiger partial charge in [0.05, 0.1) is 19.9 Å². The summed E-state index contributed by atoms with van der Waals surface area (Å²) in [5.41, 5.74) is 4.49. The van der Waals surface area contributed by atoms with Crippen molar-refractivity contribution in [3.63, 3.8) is 0 Å². The van der Waals surface area contributed by atoms with E-state index in [1.807, 2.05) is 48.5 Å². The summed E-state index contributed by atoms with van der Waals surface area (Å²) in [4.78, 5) is 29.8. The lowest BCUT2D eigenvalue weighted by Crippen LogP contribution is -2.37. The third kappa shape index (κ3) is 4.09. The Bertz CT molecular complexity index is 1420. The van der Waals surface area contributed by atoms with Crippen molar-refractivity contribution in [3.05, 3.63) is 85.0 Å². The van der Waals surface area contributed by atoms with Gasteiger partial charge in [0, 0.05) is 18.6 Å². The van der Waals surface area contributed by atoms with Crippen molar-refractivity contribution >= 4 is 39.3 Å². The molecule has 0 aliphatic rings. The van der Waals surface area contributed by atoms with E-state index in [1.165, 1.54) is 11.6 Å². The summed E-state index contributed by atoms with van der Waals surface area (Å²) in [6, 6.07) is 15.2. The highest BCUT2D eigenvalue weighted by molar-refractivity contribution is 9.10. The third-order valence-electron chi connectivity index (χ3n) is 5.10. The number of imidazole rings is 1. The summed E-state index contributed by atoms with van der Waals surface area (Å²) in [6.07, 6.45) is 1.64. The highest BCUT2D eigenvalue weighted by atomic mass is 79.9. The highest BCUT2D eigenvalue weighted by Gasteiger charge is 2.19. The molecular weight excluding hydrogens is 476 g/mol. The Hall–Kier alpha value is -3.66. The molecule has 0 radical (unpaired) electrons. The zero-order valence-corrected chi connectivity index (χ0v) is 19.3. The number of benzene rings is 2. The van der Waals surface area contributed by atoms with Gasteiger partial charge in [-0.1, -0.05) is 28.1 Å². The second kappa shape index (κ2) is 8.83. The van der Waals surface area contributed by atoms with Crippen LogP contribution >= 0.6 is 15.9 Å². The van der Waals surface area contributed by atoms with Crippen molar-refractivity contribution in [1.29, 1.82) is 0 Å². The fourth-order valence-corrected chi connectivity index (χ4v) is 3.58. The lowest BCUT2D eigenvalue weighted by Gasteiger charge is -2.09. The number of halogens is 1. The monoisotopic (exact) mass is 496 g/mol. The first-order valence-corrected chi connectivity index (χ1v) is 10.5. The molecular formula is C22H21BrN6O3. The van der Waals surface area contributed by atoms with Crippen LogP contribution in [0.15, 0.2) is 67.7 Å². The van der Waals surface area contributed by atoms with Crippen LogP contribution in [0.5, 0.6) is 5.75 Å². The average Bonchev–Trinajstić information content (AvgIpc) is 3.16. The van der Waals surface area contributed by atoms with Gasteiger partial charge in [-0.25, -0.2) is 10.2 Å². The number of ether oxygens (including phenoxy) is 1. The number of hydrogen-bond donors (Lipinski definition) is 1. The van der Waals surface area contributed by atoms with Crippen molar-refractivity contribution < 1.29 is 4.74 Å². The van der Waals surface area contributed by atoms with E-state index in [0.29, 0.717) is 18.0 Å². The molecule has 2 heterocycles. The molecule has 0 aliphatic heterocycles. The van der Waals surface area contributed by atoms with Gasteiger partial charge in [0.25, 0.3) is 5.56 Å². The number of rotatable bonds is 6. The molecule has 2 aromatic carbocycles. The second-order valence-corrected chi connectivity index (χ2v) is 8.08. The van der Waals surface area contributed by atoms with Gasteiger partial charge in [0.1, 0.15) is 5.75 Å². The molecule has 0 unspecified atom stereocenters. The molecule has 2 aromatic heterocycles. The number of aryl methyl sites for hydroxylation is 1. The number of hydrogen-bond acceptors (Lipinski definition) is 6. The van der Waals surface area contributed by atoms with Gasteiger partial charge in [-0.3, -0.25) is 18.5 Å². The van der Waals surface area contributed by atoms with Crippen molar-refractivity contribution in [2.75, 3.05) is 12.5 Å². The first kappa shape index (κ1) is 21.6. The standard InChI is InChI=1S/C22H21BrN6O3/c1-27-19-18(20(30)28(2)22(27)31)29(13-15-4-8-16(23)9-5-15)21(25-19)26-24-12-14-6-10-17(32-3)11-7-14/h4-12H,13H2,1-3H3,(H,25,26). The van der Waals surface area contributed by atoms with Crippen LogP contribution < -0.4 is 21.4 Å². The van der Waals surface area contributed by atoms with Crippen LogP contribution in [0.3, 0.4) is 0 Å². The van der Waals surface area contributed by atoms with E-state index in [1.54, 1.807) is 24.9 Å². The molecule has 0 amide bonds. The van der Waals surface area contributed by atoms with Crippen LogP contribution in [0.1, 0.15) is 11.1 Å². The van der Waals surface area contributed by atoms with E-state index in [0.717, 1.165) is 25.9 Å². The van der Waals surface area contributed by atoms with Crippen molar-refractivity contribution in [1.82, 2.24) is 18.7 Å². The minimum Gasteiger partial charge on any atom is -0.497 e. The van der Waals surface area contributed by atoms with Gasteiger partial charge in [-0.05, 0) is 47.5 Å². The summed E-state index contributed by atoms with van der Waals surface area (Å²) < 4.78 is 10.3. The van der Waals surface area contributed by atoms with Crippen molar-refractivity contribution in [2.45, 2.75) is 6.54 Å². The molecule has 164 valence electrons. The van der Waals surface area contributed by atoms with Crippen LogP contribution in [0.2, 0.25) is 0 Å². The van der Waals surface area contributed by atoms with Gasteiger partial charge >= 0.3 is 5.69 Å². The Morgan fingerprint density at radius 1 is 1.06 bits per heavy atom. The lowest BCUT2D eigenvalue weighted by molar-refractivity contribution is 0.415. The molecule has 0 saturated heterocycles. The van der Waals surface area contributed by atoms with E-state index in [4.69, 9.17) is 4.74 Å². The van der Waals surface area contributed by atoms with E-state index < -0.39 is 11.2 Å². The first-order chi connectivity index (χ1) is 15.4. The van der Waals surface area contributed by atoms with Crippen LogP contribution in [0.4, 0.5) is 5.95 Å². The van der Waals surface area contributed by atoms with Gasteiger partial charge in [-0.15, -0.1) is 0 Å². The van der Waals surface area contributed by atoms with Crippen LogP contribution in [0, 0.1) is 0 Å². The van der Waals surface area contributed by atoms with Gasteiger partial charge in [0.15, 0.2) is 11.2 Å². The largest absolute Gasteiger partial charge is 0.497 e. The first-order valence-electron chi connectivity index (χ1n) is 9.73. The number of nitrogens with one attached hydrogen (secondary N) is 1. The number of fused-ring (bicyclic) bond motifs is 1. The summed E-state index contributed by atoms with van der Waals surface area (Å²) in [5.74, 6) is 1.11. The zero-order chi connectivity index (χ0) is 22.8. The molecule has 0 spiro atoms. The summed E-state index contributed by atoms with van der Waals surface area (Å²) in [7, 11) is 4.65. The third-order valence-corrected chi connectivity index (χ3v) is 5.62. The normalized spacial score (nSPS) is 11.4. The summed E-state index contributed by atoms with van der Waals surface area (Å²) >= 11 is 3.43. The molecule has 4 rings (SSSR count). The maximum atomic E-state index is 12.9. The number of hydrazone groups is 1. The Morgan fingerprint density at radius 3 is 2.41 bits per heavy atom. The molecule has 0 fully saturated rings. The fourth-order valence-electron chi connectivity index (χ4n) is 3.31. The minimum absolute atomic E-state index is 0.289. The van der Waals surface area contributed by atoms with E-state index in [9.17, 15) is 9.59 Å². The number of nitrogens with zero attached hydrogens (tertiary/aromatic N) is 5. The molecule has 9 nitrogen and oxygen atoms in total. The zero-order valence-electron chi connectivity index (χ0n) is 17.7. The molecule has 1 N–H and O–H groups in total. The minimum atomic E-state index is -0.441. The van der Waals surface area contributed by atoms with Crippen molar-refractivity contribution in [2.24, 2.45) is 19.2 Å². The Morgan fingerprint density at radius 2 is 1.75 bits per heavy atom. The van der Waals surface area contributed by atoms with Crippen LogP contribution in [-0.2, 0) is 20.6 Å². The fraction of sp³-hybridized carbons (Fsp3) is 0.182. The molecule has 10 heteroatoms. The molecule has 0 aliphatic carbocycles. The molecule has 0 saturated carbocycles. The molecule has 4 aromatic rings. The van der Waals surface area contributed by atoms with Gasteiger partial charge in [-0.2, -0.15) is 10.1 Å². The Labute approximate surface area is 191 Å². The van der Waals surface area contributed by atoms with Crippen LogP contribution in [-0.4, -0.2) is 32.0 Å². The topological polar surface area (TPSA) is 95.4 Å². The number of anilines is 1. The molecule has 0 atom stereocenters.